The molecule has 0 saturated carbocycles. The van der Waals surface area contributed by atoms with Crippen LogP contribution in [0, 0.1) is 0 Å². The first-order chi connectivity index (χ1) is 7.11. The van der Waals surface area contributed by atoms with E-state index in [1.165, 1.54) is 7.11 Å². The van der Waals surface area contributed by atoms with Gasteiger partial charge >= 0.3 is 5.97 Å². The van der Waals surface area contributed by atoms with E-state index in [4.69, 9.17) is 0 Å². The number of halogens is 1. The van der Waals surface area contributed by atoms with Crippen LogP contribution in [-0.2, 0) is 16.0 Å². The van der Waals surface area contributed by atoms with Crippen LogP contribution in [0.1, 0.15) is 15.9 Å². The van der Waals surface area contributed by atoms with Gasteiger partial charge in [0, 0.05) is 4.47 Å². The molecule has 78 valence electrons. The number of methoxy groups -OCH3 is 1. The molecule has 1 N–H and O–H groups in total. The highest BCUT2D eigenvalue weighted by Crippen LogP contribution is 2.31. The molecular formula is C10H8BrNO3. The molecular weight excluding hydrogens is 262 g/mol. The third-order valence-corrected chi connectivity index (χ3v) is 2.66. The molecule has 0 bridgehead atoms. The molecule has 0 fully saturated rings. The summed E-state index contributed by atoms with van der Waals surface area (Å²) in [5.74, 6) is -0.553. The summed E-state index contributed by atoms with van der Waals surface area (Å²) >= 11 is 3.29. The molecule has 4 nitrogen and oxygen atoms in total. The van der Waals surface area contributed by atoms with E-state index in [1.807, 2.05) is 6.07 Å². The van der Waals surface area contributed by atoms with Crippen LogP contribution in [0.3, 0.4) is 0 Å². The molecule has 0 aliphatic carbocycles. The second kappa shape index (κ2) is 3.66. The van der Waals surface area contributed by atoms with Gasteiger partial charge in [-0.25, -0.2) is 4.79 Å². The van der Waals surface area contributed by atoms with Gasteiger partial charge in [-0.1, -0.05) is 15.9 Å². The smallest absolute Gasteiger partial charge is 0.340 e. The fraction of sp³-hybridized carbons (Fsp3) is 0.200. The number of fused-ring (bicyclic) bond motifs is 1. The van der Waals surface area contributed by atoms with Crippen molar-refractivity contribution in [2.24, 2.45) is 0 Å². The Morgan fingerprint density at radius 3 is 2.93 bits per heavy atom. The standard InChI is InChI=1S/C10H8BrNO3/c1-15-10(14)7-4-6(11)2-5-3-8(13)12-9(5)7/h2,4H,3H2,1H3,(H,12,13). The summed E-state index contributed by atoms with van der Waals surface area (Å²) in [5.41, 5.74) is 1.76. The number of carbonyl (C=O) groups is 2. The lowest BCUT2D eigenvalue weighted by Crippen LogP contribution is -2.08. The Morgan fingerprint density at radius 2 is 2.27 bits per heavy atom. The Kier molecular flexibility index (Phi) is 2.48. The SMILES string of the molecule is COC(=O)c1cc(Br)cc2c1NC(=O)C2. The maximum Gasteiger partial charge on any atom is 0.340 e. The summed E-state index contributed by atoms with van der Waals surface area (Å²) in [7, 11) is 1.31. The van der Waals surface area contributed by atoms with Crippen molar-refractivity contribution < 1.29 is 14.3 Å². The van der Waals surface area contributed by atoms with Crippen molar-refractivity contribution in [3.63, 3.8) is 0 Å². The molecule has 1 aliphatic heterocycles. The van der Waals surface area contributed by atoms with Gasteiger partial charge in [0.2, 0.25) is 5.91 Å². The predicted octanol–water partition coefficient (Wildman–Crippen LogP) is 1.73. The van der Waals surface area contributed by atoms with E-state index < -0.39 is 5.97 Å². The average Bonchev–Trinajstić information content (AvgIpc) is 2.55. The number of amides is 1. The molecule has 1 amide bonds. The van der Waals surface area contributed by atoms with Crippen LogP contribution in [0.15, 0.2) is 16.6 Å². The zero-order valence-electron chi connectivity index (χ0n) is 7.96. The van der Waals surface area contributed by atoms with Gasteiger partial charge in [-0.05, 0) is 17.7 Å². The van der Waals surface area contributed by atoms with Gasteiger partial charge in [0.1, 0.15) is 0 Å². The first-order valence-corrected chi connectivity index (χ1v) is 5.11. The van der Waals surface area contributed by atoms with Crippen LogP contribution in [-0.4, -0.2) is 19.0 Å². The number of ether oxygens (including phenoxy) is 1. The number of hydrogen-bond donors (Lipinski definition) is 1. The van der Waals surface area contributed by atoms with Crippen molar-refractivity contribution >= 4 is 33.5 Å². The highest BCUT2D eigenvalue weighted by atomic mass is 79.9. The Labute approximate surface area is 94.7 Å². The fourth-order valence-corrected chi connectivity index (χ4v) is 2.08. The normalized spacial score (nSPS) is 13.3. The molecule has 1 aromatic rings. The highest BCUT2D eigenvalue weighted by Gasteiger charge is 2.24. The van der Waals surface area contributed by atoms with Crippen molar-refractivity contribution in [3.8, 4) is 0 Å². The number of nitrogens with one attached hydrogen (secondary N) is 1. The van der Waals surface area contributed by atoms with Gasteiger partial charge in [-0.3, -0.25) is 4.79 Å². The fourth-order valence-electron chi connectivity index (χ4n) is 1.58. The monoisotopic (exact) mass is 269 g/mol. The summed E-state index contributed by atoms with van der Waals surface area (Å²) in [6.07, 6.45) is 0.304. The van der Waals surface area contributed by atoms with E-state index in [2.05, 4.69) is 26.0 Å². The van der Waals surface area contributed by atoms with Gasteiger partial charge in [0.05, 0.1) is 24.8 Å². The van der Waals surface area contributed by atoms with Crippen molar-refractivity contribution in [1.29, 1.82) is 0 Å². The summed E-state index contributed by atoms with van der Waals surface area (Å²) in [4.78, 5) is 22.6. The van der Waals surface area contributed by atoms with Crippen LogP contribution in [0.5, 0.6) is 0 Å². The Morgan fingerprint density at radius 1 is 1.53 bits per heavy atom. The maximum absolute atomic E-state index is 11.4. The van der Waals surface area contributed by atoms with Gasteiger partial charge < -0.3 is 10.1 Å². The number of rotatable bonds is 1. The highest BCUT2D eigenvalue weighted by molar-refractivity contribution is 9.10. The number of esters is 1. The molecule has 0 saturated heterocycles. The van der Waals surface area contributed by atoms with Crippen molar-refractivity contribution in [2.75, 3.05) is 12.4 Å². The molecule has 0 radical (unpaired) electrons. The van der Waals surface area contributed by atoms with Crippen LogP contribution in [0.2, 0.25) is 0 Å². The van der Waals surface area contributed by atoms with Crippen LogP contribution < -0.4 is 5.32 Å². The van der Waals surface area contributed by atoms with E-state index in [0.29, 0.717) is 17.7 Å². The Bertz CT molecular complexity index is 456. The Balaban J connectivity index is 2.56. The zero-order chi connectivity index (χ0) is 11.0. The van der Waals surface area contributed by atoms with Gasteiger partial charge in [0.15, 0.2) is 0 Å². The van der Waals surface area contributed by atoms with Crippen molar-refractivity contribution in [1.82, 2.24) is 0 Å². The maximum atomic E-state index is 11.4. The third kappa shape index (κ3) is 1.74. The second-order valence-corrected chi connectivity index (χ2v) is 4.12. The number of anilines is 1. The molecule has 0 spiro atoms. The molecule has 0 atom stereocenters. The molecule has 1 aromatic carbocycles. The summed E-state index contributed by atoms with van der Waals surface area (Å²) in [5, 5.41) is 2.65. The first-order valence-electron chi connectivity index (χ1n) is 4.32. The number of hydrogen-bond acceptors (Lipinski definition) is 3. The molecule has 0 unspecified atom stereocenters. The molecule has 5 heteroatoms. The molecule has 1 aliphatic rings. The lowest BCUT2D eigenvalue weighted by molar-refractivity contribution is -0.115. The van der Waals surface area contributed by atoms with Gasteiger partial charge in [0.25, 0.3) is 0 Å². The van der Waals surface area contributed by atoms with E-state index >= 15 is 0 Å². The summed E-state index contributed by atoms with van der Waals surface area (Å²) < 4.78 is 5.40. The van der Waals surface area contributed by atoms with Crippen LogP contribution in [0.4, 0.5) is 5.69 Å². The quantitative estimate of drug-likeness (QED) is 0.790. The number of benzene rings is 1. The average molecular weight is 270 g/mol. The topological polar surface area (TPSA) is 55.4 Å². The van der Waals surface area contributed by atoms with E-state index in [0.717, 1.165) is 10.0 Å². The van der Waals surface area contributed by atoms with Crippen LogP contribution >= 0.6 is 15.9 Å². The lowest BCUT2D eigenvalue weighted by atomic mass is 10.1. The van der Waals surface area contributed by atoms with E-state index in [-0.39, 0.29) is 5.91 Å². The van der Waals surface area contributed by atoms with E-state index in [1.54, 1.807) is 6.07 Å². The summed E-state index contributed by atoms with van der Waals surface area (Å²) in [6.45, 7) is 0. The van der Waals surface area contributed by atoms with Crippen molar-refractivity contribution in [2.45, 2.75) is 6.42 Å². The van der Waals surface area contributed by atoms with Crippen LogP contribution in [0.25, 0.3) is 0 Å². The second-order valence-electron chi connectivity index (χ2n) is 3.20. The van der Waals surface area contributed by atoms with Crippen molar-refractivity contribution in [3.05, 3.63) is 27.7 Å². The molecule has 15 heavy (non-hydrogen) atoms. The minimum absolute atomic E-state index is 0.103. The molecule has 1 heterocycles. The molecule has 0 aromatic heterocycles. The minimum Gasteiger partial charge on any atom is -0.465 e. The number of carbonyl (C=O) groups excluding carboxylic acids is 2. The lowest BCUT2D eigenvalue weighted by Gasteiger charge is -2.06. The minimum atomic E-state index is -0.449. The predicted molar refractivity (Wildman–Crippen MR) is 57.8 cm³/mol. The Hall–Kier alpha value is -1.36. The largest absolute Gasteiger partial charge is 0.465 e. The van der Waals surface area contributed by atoms with Gasteiger partial charge in [-0.2, -0.15) is 0 Å². The summed E-state index contributed by atoms with van der Waals surface area (Å²) in [6, 6.07) is 3.45. The zero-order valence-corrected chi connectivity index (χ0v) is 9.55. The third-order valence-electron chi connectivity index (χ3n) is 2.21. The first kappa shape index (κ1) is 10.2. The van der Waals surface area contributed by atoms with Gasteiger partial charge in [-0.15, -0.1) is 0 Å². The molecule has 2 rings (SSSR count). The van der Waals surface area contributed by atoms with E-state index in [9.17, 15) is 9.59 Å².